The first-order valence-electron chi connectivity index (χ1n) is 13.7. The molecule has 43 heavy (non-hydrogen) atoms. The molecule has 11 nitrogen and oxygen atoms in total. The van der Waals surface area contributed by atoms with E-state index >= 15 is 0 Å². The first kappa shape index (κ1) is 32.4. The zero-order valence-corrected chi connectivity index (χ0v) is 25.3. The summed E-state index contributed by atoms with van der Waals surface area (Å²) in [6, 6.07) is 21.5. The van der Waals surface area contributed by atoms with Crippen molar-refractivity contribution in [2.75, 3.05) is 52.8 Å². The molecule has 1 heterocycles. The molecule has 4 rings (SSSR count). The summed E-state index contributed by atoms with van der Waals surface area (Å²) in [7, 11) is -4.20. The van der Waals surface area contributed by atoms with Gasteiger partial charge in [-0.1, -0.05) is 54.1 Å². The van der Waals surface area contributed by atoms with Crippen LogP contribution in [-0.2, 0) is 29.8 Å². The highest BCUT2D eigenvalue weighted by molar-refractivity contribution is 7.90. The predicted molar refractivity (Wildman–Crippen MR) is 164 cm³/mol. The van der Waals surface area contributed by atoms with E-state index in [1.165, 1.54) is 29.3 Å². The van der Waals surface area contributed by atoms with E-state index in [1.807, 2.05) is 13.0 Å². The van der Waals surface area contributed by atoms with Crippen molar-refractivity contribution in [3.63, 3.8) is 0 Å². The Hall–Kier alpha value is -3.52. The molecule has 0 saturated heterocycles. The van der Waals surface area contributed by atoms with E-state index < -0.39 is 21.6 Å². The van der Waals surface area contributed by atoms with Crippen molar-refractivity contribution < 1.29 is 32.5 Å². The lowest BCUT2D eigenvalue weighted by molar-refractivity contribution is 0.0114. The number of ether oxygens (including phenoxy) is 4. The fraction of sp³-hybridized carbons (Fsp3) is 0.333. The van der Waals surface area contributed by atoms with Crippen LogP contribution in [0.15, 0.2) is 93.3 Å². The van der Waals surface area contributed by atoms with Crippen LogP contribution in [0.4, 0.5) is 0 Å². The maximum atomic E-state index is 13.1. The van der Waals surface area contributed by atoms with E-state index in [1.54, 1.807) is 48.5 Å². The molecule has 1 unspecified atom stereocenters. The number of rotatable bonds is 15. The fourth-order valence-electron chi connectivity index (χ4n) is 4.24. The molecule has 1 atom stereocenters. The molecule has 1 aliphatic heterocycles. The van der Waals surface area contributed by atoms with Crippen molar-refractivity contribution in [1.82, 2.24) is 5.01 Å². The molecule has 0 spiro atoms. The number of benzene rings is 3. The van der Waals surface area contributed by atoms with Crippen molar-refractivity contribution >= 4 is 33.3 Å². The molecule has 3 aromatic rings. The minimum atomic E-state index is -4.20. The molecule has 0 fully saturated rings. The summed E-state index contributed by atoms with van der Waals surface area (Å²) in [5.41, 5.74) is 6.01. The van der Waals surface area contributed by atoms with Gasteiger partial charge in [0.15, 0.2) is 5.60 Å². The van der Waals surface area contributed by atoms with Gasteiger partial charge in [-0.15, -0.1) is 4.40 Å². The van der Waals surface area contributed by atoms with Crippen LogP contribution in [0, 0.1) is 0 Å². The van der Waals surface area contributed by atoms with E-state index in [0.29, 0.717) is 61.5 Å². The van der Waals surface area contributed by atoms with Crippen LogP contribution >= 0.6 is 11.6 Å². The van der Waals surface area contributed by atoms with Crippen LogP contribution in [-0.4, -0.2) is 83.0 Å². The summed E-state index contributed by atoms with van der Waals surface area (Å²) in [4.78, 5) is -0.0809. The lowest BCUT2D eigenvalue weighted by Crippen LogP contribution is -2.42. The number of hydrazone groups is 1. The number of aliphatic hydroxyl groups is 1. The first-order chi connectivity index (χ1) is 20.7. The third-order valence-electron chi connectivity index (χ3n) is 6.40. The van der Waals surface area contributed by atoms with Crippen molar-refractivity contribution in [2.24, 2.45) is 15.2 Å². The summed E-state index contributed by atoms with van der Waals surface area (Å²) in [6.45, 7) is 5.03. The Kier molecular flexibility index (Phi) is 11.5. The number of halogens is 1. The second-order valence-electron chi connectivity index (χ2n) is 9.41. The Morgan fingerprint density at radius 3 is 2.16 bits per heavy atom. The molecular formula is C30H35ClN4O7S. The zero-order chi connectivity index (χ0) is 30.7. The highest BCUT2D eigenvalue weighted by atomic mass is 35.5. The van der Waals surface area contributed by atoms with Crippen LogP contribution in [0.3, 0.4) is 0 Å². The average molecular weight is 631 g/mol. The molecule has 0 radical (unpaired) electrons. The highest BCUT2D eigenvalue weighted by Crippen LogP contribution is 2.33. The van der Waals surface area contributed by atoms with Crippen LogP contribution in [0.1, 0.15) is 18.1 Å². The maximum absolute atomic E-state index is 13.1. The van der Waals surface area contributed by atoms with Gasteiger partial charge in [-0.2, -0.15) is 13.5 Å². The van der Waals surface area contributed by atoms with E-state index in [0.717, 1.165) is 0 Å². The van der Waals surface area contributed by atoms with Gasteiger partial charge in [-0.05, 0) is 48.9 Å². The van der Waals surface area contributed by atoms with Gasteiger partial charge in [-0.3, -0.25) is 0 Å². The molecule has 0 aromatic heterocycles. The van der Waals surface area contributed by atoms with E-state index in [2.05, 4.69) is 9.50 Å². The number of hydrogen-bond acceptors (Lipinski definition) is 8. The molecule has 0 amide bonds. The molecule has 3 N–H and O–H groups in total. The SMILES string of the molecule is CCOCCOCCOCCOc1ccc(S(=O)(=O)/N=C(\N)N2CC(O)(c3ccccc3)C(c3ccc(Cl)cc3)=N2)cc1. The summed E-state index contributed by atoms with van der Waals surface area (Å²) in [6.07, 6.45) is 0. The highest BCUT2D eigenvalue weighted by Gasteiger charge is 2.44. The smallest absolute Gasteiger partial charge is 0.285 e. The largest absolute Gasteiger partial charge is 0.491 e. The molecule has 1 aliphatic rings. The van der Waals surface area contributed by atoms with Crippen molar-refractivity contribution in [2.45, 2.75) is 17.4 Å². The van der Waals surface area contributed by atoms with Gasteiger partial charge < -0.3 is 29.8 Å². The van der Waals surface area contributed by atoms with Crippen LogP contribution < -0.4 is 10.5 Å². The molecule has 0 saturated carbocycles. The maximum Gasteiger partial charge on any atom is 0.285 e. The van der Waals surface area contributed by atoms with Gasteiger partial charge in [0, 0.05) is 17.2 Å². The topological polar surface area (TPSA) is 145 Å². The lowest BCUT2D eigenvalue weighted by atomic mass is 9.86. The summed E-state index contributed by atoms with van der Waals surface area (Å²) in [5, 5.41) is 18.0. The van der Waals surface area contributed by atoms with Crippen LogP contribution in [0.25, 0.3) is 0 Å². The second kappa shape index (κ2) is 15.3. The quantitative estimate of drug-likeness (QED) is 0.147. The minimum absolute atomic E-state index is 0.0809. The number of sulfonamides is 1. The summed E-state index contributed by atoms with van der Waals surface area (Å²) >= 11 is 6.05. The second-order valence-corrected chi connectivity index (χ2v) is 11.4. The molecule has 0 bridgehead atoms. The number of guanidine groups is 1. The van der Waals surface area contributed by atoms with Gasteiger partial charge in [0.25, 0.3) is 10.0 Å². The predicted octanol–water partition coefficient (Wildman–Crippen LogP) is 3.40. The number of nitrogens with zero attached hydrogens (tertiary/aromatic N) is 3. The van der Waals surface area contributed by atoms with Crippen LogP contribution in [0.2, 0.25) is 5.02 Å². The van der Waals surface area contributed by atoms with Crippen molar-refractivity contribution in [3.8, 4) is 5.75 Å². The lowest BCUT2D eigenvalue weighted by Gasteiger charge is -2.25. The minimum Gasteiger partial charge on any atom is -0.491 e. The number of nitrogens with two attached hydrogens (primary N) is 1. The molecular weight excluding hydrogens is 596 g/mol. The third-order valence-corrected chi connectivity index (χ3v) is 7.95. The number of β-amino-alcohol motifs (C(OH)–C–C–N with tert-alkyl or cyclic N) is 1. The summed E-state index contributed by atoms with van der Waals surface area (Å²) < 4.78 is 51.6. The fourth-order valence-corrected chi connectivity index (χ4v) is 5.29. The first-order valence-corrected chi connectivity index (χ1v) is 15.5. The average Bonchev–Trinajstić information content (AvgIpc) is 3.38. The van der Waals surface area contributed by atoms with Crippen molar-refractivity contribution in [3.05, 3.63) is 95.0 Å². The van der Waals surface area contributed by atoms with Gasteiger partial charge >= 0.3 is 0 Å². The normalized spacial score (nSPS) is 17.2. The molecule has 3 aromatic carbocycles. The Bertz CT molecular complexity index is 1490. The van der Waals surface area contributed by atoms with Gasteiger partial charge in [-0.25, -0.2) is 5.01 Å². The van der Waals surface area contributed by atoms with Crippen molar-refractivity contribution in [1.29, 1.82) is 0 Å². The number of hydrogen-bond donors (Lipinski definition) is 2. The zero-order valence-electron chi connectivity index (χ0n) is 23.8. The molecule has 0 aliphatic carbocycles. The monoisotopic (exact) mass is 630 g/mol. The van der Waals surface area contributed by atoms with Gasteiger partial charge in [0.1, 0.15) is 18.1 Å². The summed E-state index contributed by atoms with van der Waals surface area (Å²) in [5.74, 6) is 0.0785. The molecule has 13 heteroatoms. The van der Waals surface area contributed by atoms with E-state index in [9.17, 15) is 13.5 Å². The Morgan fingerprint density at radius 1 is 0.930 bits per heavy atom. The van der Waals surface area contributed by atoms with Gasteiger partial charge in [0.2, 0.25) is 5.96 Å². The van der Waals surface area contributed by atoms with Gasteiger partial charge in [0.05, 0.1) is 44.5 Å². The Morgan fingerprint density at radius 2 is 1.53 bits per heavy atom. The third kappa shape index (κ3) is 8.75. The molecule has 230 valence electrons. The Labute approximate surface area is 256 Å². The Balaban J connectivity index is 1.38. The van der Waals surface area contributed by atoms with Crippen LogP contribution in [0.5, 0.6) is 5.75 Å². The van der Waals surface area contributed by atoms with E-state index in [-0.39, 0.29) is 23.8 Å². The standard InChI is InChI=1S/C30H35ClN4O7S/c1-2-39-16-17-40-18-19-41-20-21-42-26-12-14-27(15-13-26)43(37,38)34-29(32)35-22-30(36,24-6-4-3-5-7-24)28(33-35)23-8-10-25(31)11-9-23/h3-15,36H,2,16-22H2,1H3,(H2,32,34). The van der Waals surface area contributed by atoms with E-state index in [4.69, 9.17) is 36.3 Å².